The average Bonchev–Trinajstić information content (AvgIpc) is 3.24. The van der Waals surface area contributed by atoms with Crippen molar-refractivity contribution in [2.75, 3.05) is 11.9 Å². The lowest BCUT2D eigenvalue weighted by Crippen LogP contribution is -2.64. The molecule has 1 N–H and O–H groups in total. The molecule has 0 bridgehead atoms. The summed E-state index contributed by atoms with van der Waals surface area (Å²) in [6.45, 7) is 1.74. The molecule has 1 amide bonds. The number of amides is 1. The third kappa shape index (κ3) is 2.83. The predicted octanol–water partition coefficient (Wildman–Crippen LogP) is 3.00. The maximum absolute atomic E-state index is 14.8. The van der Waals surface area contributed by atoms with E-state index in [1.807, 2.05) is 0 Å². The van der Waals surface area contributed by atoms with Gasteiger partial charge >= 0.3 is 0 Å². The summed E-state index contributed by atoms with van der Waals surface area (Å²) in [7, 11) is 1.44. The van der Waals surface area contributed by atoms with Crippen LogP contribution in [0.5, 0.6) is 0 Å². The highest BCUT2D eigenvalue weighted by atomic mass is 19.1. The van der Waals surface area contributed by atoms with Crippen LogP contribution in [0.1, 0.15) is 35.4 Å². The van der Waals surface area contributed by atoms with Crippen molar-refractivity contribution in [1.29, 1.82) is 0 Å². The number of halogens is 3. The van der Waals surface area contributed by atoms with E-state index in [0.717, 1.165) is 29.2 Å². The van der Waals surface area contributed by atoms with Gasteiger partial charge < -0.3 is 10.0 Å². The van der Waals surface area contributed by atoms with Crippen LogP contribution < -0.4 is 4.90 Å². The van der Waals surface area contributed by atoms with E-state index >= 15 is 0 Å². The van der Waals surface area contributed by atoms with Gasteiger partial charge in [0.2, 0.25) is 0 Å². The number of hydrogen-bond donors (Lipinski definition) is 1. The minimum Gasteiger partial charge on any atom is -0.350 e. The number of benzene rings is 2. The van der Waals surface area contributed by atoms with E-state index in [1.54, 1.807) is 6.92 Å². The Morgan fingerprint density at radius 3 is 2.47 bits per heavy atom. The van der Waals surface area contributed by atoms with Crippen molar-refractivity contribution < 1.29 is 23.1 Å². The highest BCUT2D eigenvalue weighted by Gasteiger charge is 2.53. The van der Waals surface area contributed by atoms with Crippen LogP contribution in [-0.2, 0) is 5.85 Å². The molecule has 2 unspecified atom stereocenters. The summed E-state index contributed by atoms with van der Waals surface area (Å²) in [5.41, 5.74) is -0.158. The first-order valence-electron chi connectivity index (χ1n) is 9.18. The van der Waals surface area contributed by atoms with Gasteiger partial charge in [0.1, 0.15) is 36.3 Å². The predicted molar refractivity (Wildman–Crippen MR) is 101 cm³/mol. The van der Waals surface area contributed by atoms with Crippen LogP contribution in [0.25, 0.3) is 0 Å². The van der Waals surface area contributed by atoms with E-state index in [4.69, 9.17) is 0 Å². The van der Waals surface area contributed by atoms with Crippen LogP contribution in [0, 0.1) is 17.5 Å². The number of anilines is 1. The Balaban J connectivity index is 2.01. The minimum absolute atomic E-state index is 0.0109. The molecule has 7 nitrogen and oxygen atoms in total. The molecule has 1 aliphatic heterocycles. The molecule has 0 radical (unpaired) electrons. The molecule has 0 aliphatic carbocycles. The molecule has 0 fully saturated rings. The summed E-state index contributed by atoms with van der Waals surface area (Å²) >= 11 is 0. The Morgan fingerprint density at radius 1 is 1.13 bits per heavy atom. The maximum Gasteiger partial charge on any atom is 0.261 e. The van der Waals surface area contributed by atoms with E-state index in [1.165, 1.54) is 35.4 Å². The number of fused-ring (bicyclic) bond motifs is 1. The lowest BCUT2D eigenvalue weighted by molar-refractivity contribution is -0.132. The maximum atomic E-state index is 14.8. The number of hydrogen-bond acceptors (Lipinski definition) is 5. The van der Waals surface area contributed by atoms with Crippen LogP contribution in [0.15, 0.2) is 49.1 Å². The Kier molecular flexibility index (Phi) is 4.73. The molecule has 2 atom stereocenters. The van der Waals surface area contributed by atoms with Gasteiger partial charge in [-0.3, -0.25) is 9.69 Å². The Hall–Kier alpha value is -3.40. The fraction of sp³-hybridized carbons (Fsp3) is 0.250. The van der Waals surface area contributed by atoms with Gasteiger partial charge in [0.05, 0.1) is 16.8 Å². The number of carbonyl (C=O) groups excluding carboxylic acids is 1. The minimum atomic E-state index is -2.35. The Labute approximate surface area is 170 Å². The molecule has 1 aromatic heterocycles. The number of rotatable bonds is 4. The van der Waals surface area contributed by atoms with Crippen molar-refractivity contribution in [2.24, 2.45) is 0 Å². The molecule has 3 aromatic rings. The first-order valence-corrected chi connectivity index (χ1v) is 9.18. The van der Waals surface area contributed by atoms with Gasteiger partial charge in [0.25, 0.3) is 11.8 Å². The van der Waals surface area contributed by atoms with E-state index in [9.17, 15) is 23.1 Å². The van der Waals surface area contributed by atoms with E-state index in [-0.39, 0.29) is 23.2 Å². The molecule has 0 saturated carbocycles. The third-order valence-electron chi connectivity index (χ3n) is 5.27. The van der Waals surface area contributed by atoms with Crippen LogP contribution >= 0.6 is 0 Å². The van der Waals surface area contributed by atoms with Crippen LogP contribution in [0.2, 0.25) is 0 Å². The van der Waals surface area contributed by atoms with Gasteiger partial charge in [-0.25, -0.2) is 22.8 Å². The van der Waals surface area contributed by atoms with Crippen LogP contribution in [0.3, 0.4) is 0 Å². The fourth-order valence-corrected chi connectivity index (χ4v) is 3.85. The molecule has 2 heterocycles. The summed E-state index contributed by atoms with van der Waals surface area (Å²) in [5.74, 6) is -5.60. The average molecular weight is 417 g/mol. The van der Waals surface area contributed by atoms with Crippen molar-refractivity contribution in [1.82, 2.24) is 19.7 Å². The number of carbonyl (C=O) groups is 1. The van der Waals surface area contributed by atoms with Gasteiger partial charge in [-0.2, -0.15) is 5.10 Å². The molecule has 156 valence electrons. The topological polar surface area (TPSA) is 74.5 Å². The van der Waals surface area contributed by atoms with Crippen molar-refractivity contribution in [3.05, 3.63) is 77.6 Å². The van der Waals surface area contributed by atoms with Gasteiger partial charge in [-0.05, 0) is 36.8 Å². The smallest absolute Gasteiger partial charge is 0.261 e. The molecule has 10 heteroatoms. The molecule has 2 aromatic carbocycles. The lowest BCUT2D eigenvalue weighted by atomic mass is 9.97. The quantitative estimate of drug-likeness (QED) is 0.707. The molecule has 0 saturated heterocycles. The summed E-state index contributed by atoms with van der Waals surface area (Å²) in [6, 6.07) is 6.20. The summed E-state index contributed by atoms with van der Waals surface area (Å²) < 4.78 is 43.7. The largest absolute Gasteiger partial charge is 0.350 e. The second kappa shape index (κ2) is 7.13. The SMILES string of the molecule is CCC(N1C(=O)c2cc(F)ccc2N(C)C1(O)c1ccc(F)cc1F)n1cncn1. The molecule has 0 spiro atoms. The first kappa shape index (κ1) is 19.9. The Bertz CT molecular complexity index is 1110. The molecule has 1 aliphatic rings. The number of nitrogens with zero attached hydrogens (tertiary/aromatic N) is 5. The monoisotopic (exact) mass is 417 g/mol. The van der Waals surface area contributed by atoms with E-state index in [2.05, 4.69) is 10.1 Å². The summed E-state index contributed by atoms with van der Waals surface area (Å²) in [6.07, 6.45) is 1.97. The standard InChI is InChI=1S/C20H18F3N5O2/c1-3-18(27-11-24-10-25-27)28-19(29)14-8-12(21)5-7-17(14)26(2)20(28,30)15-6-4-13(22)9-16(15)23/h4-11,18,30H,3H2,1-2H3. The summed E-state index contributed by atoms with van der Waals surface area (Å²) in [5, 5.41) is 15.9. The molecule has 4 rings (SSSR count). The highest BCUT2D eigenvalue weighted by Crippen LogP contribution is 2.45. The summed E-state index contributed by atoms with van der Waals surface area (Å²) in [4.78, 5) is 19.6. The third-order valence-corrected chi connectivity index (χ3v) is 5.27. The van der Waals surface area contributed by atoms with Crippen LogP contribution in [0.4, 0.5) is 18.9 Å². The zero-order valence-corrected chi connectivity index (χ0v) is 16.1. The van der Waals surface area contributed by atoms with Crippen molar-refractivity contribution in [2.45, 2.75) is 25.4 Å². The highest BCUT2D eigenvalue weighted by molar-refractivity contribution is 6.02. The fourth-order valence-electron chi connectivity index (χ4n) is 3.85. The molecule has 30 heavy (non-hydrogen) atoms. The lowest BCUT2D eigenvalue weighted by Gasteiger charge is -2.52. The van der Waals surface area contributed by atoms with Gasteiger partial charge in [0.15, 0.2) is 0 Å². The Morgan fingerprint density at radius 2 is 1.83 bits per heavy atom. The molecular formula is C20H18F3N5O2. The molecular weight excluding hydrogens is 399 g/mol. The first-order chi connectivity index (χ1) is 14.3. The normalized spacial score (nSPS) is 19.7. The van der Waals surface area contributed by atoms with Gasteiger partial charge in [-0.15, -0.1) is 0 Å². The zero-order chi connectivity index (χ0) is 21.6. The van der Waals surface area contributed by atoms with Crippen molar-refractivity contribution >= 4 is 11.6 Å². The van der Waals surface area contributed by atoms with Gasteiger partial charge in [-0.1, -0.05) is 6.92 Å². The number of aromatic nitrogens is 3. The van der Waals surface area contributed by atoms with E-state index in [0.29, 0.717) is 6.07 Å². The number of aliphatic hydroxyl groups is 1. The van der Waals surface area contributed by atoms with Gasteiger partial charge in [0, 0.05) is 13.1 Å². The second-order valence-corrected chi connectivity index (χ2v) is 6.92. The van der Waals surface area contributed by atoms with E-state index < -0.39 is 35.4 Å². The second-order valence-electron chi connectivity index (χ2n) is 6.92. The van der Waals surface area contributed by atoms with Crippen molar-refractivity contribution in [3.8, 4) is 0 Å². The van der Waals surface area contributed by atoms with Crippen LogP contribution in [-0.4, -0.2) is 37.7 Å². The zero-order valence-electron chi connectivity index (χ0n) is 16.1. The van der Waals surface area contributed by atoms with Crippen molar-refractivity contribution in [3.63, 3.8) is 0 Å².